The first kappa shape index (κ1) is 9.74. The topological polar surface area (TPSA) is 29.0 Å². The van der Waals surface area contributed by atoms with Crippen molar-refractivity contribution in [2.45, 2.75) is 19.4 Å². The first-order valence-corrected chi connectivity index (χ1v) is 4.95. The van der Waals surface area contributed by atoms with Gasteiger partial charge in [-0.1, -0.05) is 0 Å². The van der Waals surface area contributed by atoms with Gasteiger partial charge in [0.2, 0.25) is 5.13 Å². The van der Waals surface area contributed by atoms with Crippen LogP contribution in [0.5, 0.6) is 0 Å². The highest BCUT2D eigenvalue weighted by atomic mass is 35.5. The van der Waals surface area contributed by atoms with Gasteiger partial charge in [-0.2, -0.15) is 4.37 Å². The minimum Gasteiger partial charge on any atom is -0.344 e. The Hall–Kier alpha value is -0.350. The quantitative estimate of drug-likeness (QED) is 0.707. The molecule has 0 saturated carbocycles. The summed E-state index contributed by atoms with van der Waals surface area (Å²) in [6.45, 7) is 4.14. The van der Waals surface area contributed by atoms with E-state index in [1.807, 2.05) is 11.9 Å². The van der Waals surface area contributed by atoms with E-state index >= 15 is 0 Å². The van der Waals surface area contributed by atoms with Crippen LogP contribution in [0.25, 0.3) is 0 Å². The van der Waals surface area contributed by atoms with Gasteiger partial charge in [0.25, 0.3) is 0 Å². The Bertz CT molecular complexity index is 235. The number of hydrogen-bond donors (Lipinski definition) is 0. The van der Waals surface area contributed by atoms with Gasteiger partial charge in [-0.3, -0.25) is 0 Å². The van der Waals surface area contributed by atoms with E-state index in [4.69, 9.17) is 11.6 Å². The molecule has 0 aliphatic heterocycles. The Kier molecular flexibility index (Phi) is 2.90. The predicted molar refractivity (Wildman–Crippen MR) is 53.1 cm³/mol. The van der Waals surface area contributed by atoms with Crippen molar-refractivity contribution in [1.29, 1.82) is 0 Å². The third kappa shape index (κ3) is 1.87. The van der Waals surface area contributed by atoms with E-state index in [2.05, 4.69) is 23.2 Å². The summed E-state index contributed by atoms with van der Waals surface area (Å²) in [5, 5.41) is 0.903. The van der Waals surface area contributed by atoms with Crippen LogP contribution in [0.2, 0.25) is 0 Å². The molecule has 68 valence electrons. The molecular weight excluding hydrogens is 194 g/mol. The molecule has 0 spiro atoms. The molecule has 5 heteroatoms. The summed E-state index contributed by atoms with van der Waals surface area (Å²) < 4.78 is 3.94. The second-order valence-electron chi connectivity index (χ2n) is 3.23. The number of hydrogen-bond acceptors (Lipinski definition) is 4. The van der Waals surface area contributed by atoms with Gasteiger partial charge in [-0.05, 0) is 13.8 Å². The first-order valence-electron chi connectivity index (χ1n) is 3.64. The maximum atomic E-state index is 5.82. The van der Waals surface area contributed by atoms with Gasteiger partial charge in [0.1, 0.15) is 6.33 Å². The molecule has 0 fully saturated rings. The second-order valence-corrected chi connectivity index (χ2v) is 4.25. The van der Waals surface area contributed by atoms with Crippen molar-refractivity contribution in [3.05, 3.63) is 6.33 Å². The number of nitrogens with zero attached hydrogens (tertiary/aromatic N) is 3. The molecular formula is C7H12ClN3S. The van der Waals surface area contributed by atoms with Crippen molar-refractivity contribution in [3.63, 3.8) is 0 Å². The largest absolute Gasteiger partial charge is 0.344 e. The summed E-state index contributed by atoms with van der Waals surface area (Å²) in [5.74, 6) is 0.573. The molecule has 0 radical (unpaired) electrons. The zero-order valence-electron chi connectivity index (χ0n) is 7.41. The molecule has 0 N–H and O–H groups in total. The fraction of sp³-hybridized carbons (Fsp3) is 0.714. The predicted octanol–water partition coefficient (Wildman–Crippen LogP) is 1.99. The highest BCUT2D eigenvalue weighted by Gasteiger charge is 2.24. The smallest absolute Gasteiger partial charge is 0.205 e. The van der Waals surface area contributed by atoms with E-state index in [1.54, 1.807) is 6.33 Å². The van der Waals surface area contributed by atoms with E-state index < -0.39 is 0 Å². The molecule has 0 unspecified atom stereocenters. The summed E-state index contributed by atoms with van der Waals surface area (Å²) in [6.07, 6.45) is 1.56. The van der Waals surface area contributed by atoms with E-state index in [-0.39, 0.29) is 5.54 Å². The third-order valence-corrected chi connectivity index (χ3v) is 3.27. The molecule has 1 heterocycles. The molecule has 0 atom stereocenters. The van der Waals surface area contributed by atoms with Crippen LogP contribution in [0.1, 0.15) is 13.8 Å². The standard InChI is InChI=1S/C7H12ClN3S/c1-7(2,4-8)11(3)6-9-5-10-12-6/h5H,4H2,1-3H3. The number of aromatic nitrogens is 2. The van der Waals surface area contributed by atoms with Crippen LogP contribution < -0.4 is 4.90 Å². The van der Waals surface area contributed by atoms with Gasteiger partial charge < -0.3 is 4.90 Å². The van der Waals surface area contributed by atoms with E-state index in [9.17, 15) is 0 Å². The molecule has 0 aromatic carbocycles. The average Bonchev–Trinajstić information content (AvgIpc) is 2.55. The number of anilines is 1. The van der Waals surface area contributed by atoms with Crippen molar-refractivity contribution < 1.29 is 0 Å². The summed E-state index contributed by atoms with van der Waals surface area (Å²) in [7, 11) is 1.98. The molecule has 0 amide bonds. The summed E-state index contributed by atoms with van der Waals surface area (Å²) >= 11 is 7.20. The Morgan fingerprint density at radius 2 is 2.33 bits per heavy atom. The van der Waals surface area contributed by atoms with Crippen molar-refractivity contribution >= 4 is 28.3 Å². The summed E-state index contributed by atoms with van der Waals surface area (Å²) in [4.78, 5) is 6.14. The van der Waals surface area contributed by atoms with E-state index in [1.165, 1.54) is 11.5 Å². The molecule has 1 aromatic rings. The monoisotopic (exact) mass is 205 g/mol. The van der Waals surface area contributed by atoms with Crippen molar-refractivity contribution in [2.75, 3.05) is 17.8 Å². The van der Waals surface area contributed by atoms with Crippen molar-refractivity contribution in [2.24, 2.45) is 0 Å². The zero-order valence-corrected chi connectivity index (χ0v) is 8.98. The van der Waals surface area contributed by atoms with Crippen molar-refractivity contribution in [1.82, 2.24) is 9.36 Å². The Balaban J connectivity index is 2.78. The highest BCUT2D eigenvalue weighted by Crippen LogP contribution is 2.23. The third-order valence-electron chi connectivity index (χ3n) is 1.87. The molecule has 3 nitrogen and oxygen atoms in total. The molecule has 0 aliphatic rings. The lowest BCUT2D eigenvalue weighted by atomic mass is 10.1. The molecule has 1 aromatic heterocycles. The van der Waals surface area contributed by atoms with Crippen LogP contribution in [0.15, 0.2) is 6.33 Å². The lowest BCUT2D eigenvalue weighted by Crippen LogP contribution is -2.42. The fourth-order valence-corrected chi connectivity index (χ4v) is 1.50. The first-order chi connectivity index (χ1) is 5.58. The lowest BCUT2D eigenvalue weighted by Gasteiger charge is -2.33. The molecule has 0 bridgehead atoms. The molecule has 1 rings (SSSR count). The van der Waals surface area contributed by atoms with Crippen LogP contribution in [0.4, 0.5) is 5.13 Å². The van der Waals surface area contributed by atoms with Gasteiger partial charge in [0.05, 0.1) is 0 Å². The number of halogens is 1. The Labute approximate surface area is 81.5 Å². The maximum absolute atomic E-state index is 5.82. The summed E-state index contributed by atoms with van der Waals surface area (Å²) in [5.41, 5.74) is -0.0684. The van der Waals surface area contributed by atoms with Crippen molar-refractivity contribution in [3.8, 4) is 0 Å². The number of rotatable bonds is 3. The molecule has 0 saturated heterocycles. The highest BCUT2D eigenvalue weighted by molar-refractivity contribution is 7.09. The minimum absolute atomic E-state index is 0.0684. The number of alkyl halides is 1. The molecule has 0 aliphatic carbocycles. The fourth-order valence-electron chi connectivity index (χ4n) is 0.664. The zero-order chi connectivity index (χ0) is 9.19. The van der Waals surface area contributed by atoms with Gasteiger partial charge >= 0.3 is 0 Å². The average molecular weight is 206 g/mol. The van der Waals surface area contributed by atoms with Crippen LogP contribution in [-0.2, 0) is 0 Å². The van der Waals surface area contributed by atoms with E-state index in [0.717, 1.165) is 5.13 Å². The summed E-state index contributed by atoms with van der Waals surface area (Å²) in [6, 6.07) is 0. The minimum atomic E-state index is -0.0684. The Morgan fingerprint density at radius 3 is 2.75 bits per heavy atom. The maximum Gasteiger partial charge on any atom is 0.205 e. The van der Waals surface area contributed by atoms with Crippen LogP contribution in [-0.4, -0.2) is 27.8 Å². The van der Waals surface area contributed by atoms with Crippen LogP contribution >= 0.6 is 23.1 Å². The van der Waals surface area contributed by atoms with Gasteiger partial charge in [0.15, 0.2) is 0 Å². The Morgan fingerprint density at radius 1 is 1.67 bits per heavy atom. The van der Waals surface area contributed by atoms with Gasteiger partial charge in [0, 0.05) is 30.0 Å². The van der Waals surface area contributed by atoms with Gasteiger partial charge in [-0.25, -0.2) is 4.98 Å². The molecule has 12 heavy (non-hydrogen) atoms. The SMILES string of the molecule is CN(c1ncns1)C(C)(C)CCl. The van der Waals surface area contributed by atoms with Gasteiger partial charge in [-0.15, -0.1) is 11.6 Å². The van der Waals surface area contributed by atoms with Crippen LogP contribution in [0, 0.1) is 0 Å². The van der Waals surface area contributed by atoms with Crippen LogP contribution in [0.3, 0.4) is 0 Å². The normalized spacial score (nSPS) is 11.7. The van der Waals surface area contributed by atoms with E-state index in [0.29, 0.717) is 5.88 Å². The second kappa shape index (κ2) is 3.58. The lowest BCUT2D eigenvalue weighted by molar-refractivity contribution is 0.544.